The average Bonchev–Trinajstić information content (AvgIpc) is 2.54. The van der Waals surface area contributed by atoms with Gasteiger partial charge >= 0.3 is 0 Å². The SMILES string of the molecule is CC(C)NCCOc1ccc(NC(=O)C2CCOCC2)cc1.Cl. The second kappa shape index (κ2) is 10.5. The number of ether oxygens (including phenoxy) is 2. The number of amides is 1. The van der Waals surface area contributed by atoms with Crippen molar-refractivity contribution in [1.29, 1.82) is 0 Å². The van der Waals surface area contributed by atoms with E-state index < -0.39 is 0 Å². The van der Waals surface area contributed by atoms with Gasteiger partial charge in [-0.1, -0.05) is 13.8 Å². The fourth-order valence-electron chi connectivity index (χ4n) is 2.36. The molecule has 0 radical (unpaired) electrons. The van der Waals surface area contributed by atoms with E-state index in [0.29, 0.717) is 25.9 Å². The molecule has 1 aromatic carbocycles. The Labute approximate surface area is 144 Å². The topological polar surface area (TPSA) is 59.6 Å². The van der Waals surface area contributed by atoms with E-state index in [0.717, 1.165) is 30.8 Å². The molecule has 0 atom stereocenters. The largest absolute Gasteiger partial charge is 0.492 e. The van der Waals surface area contributed by atoms with Crippen molar-refractivity contribution in [2.45, 2.75) is 32.7 Å². The average molecular weight is 343 g/mol. The van der Waals surface area contributed by atoms with E-state index in [2.05, 4.69) is 24.5 Å². The standard InChI is InChI=1S/C17H26N2O3.ClH/c1-13(2)18-9-12-22-16-5-3-15(4-6-16)19-17(20)14-7-10-21-11-8-14;/h3-6,13-14,18H,7-12H2,1-2H3,(H,19,20);1H. The lowest BCUT2D eigenvalue weighted by Gasteiger charge is -2.21. The molecule has 1 aromatic rings. The molecule has 0 saturated carbocycles. The lowest BCUT2D eigenvalue weighted by Crippen LogP contribution is -2.28. The first kappa shape index (κ1) is 19.7. The number of nitrogens with one attached hydrogen (secondary N) is 2. The van der Waals surface area contributed by atoms with E-state index in [-0.39, 0.29) is 24.2 Å². The predicted octanol–water partition coefficient (Wildman–Crippen LogP) is 2.85. The Morgan fingerprint density at radius 1 is 1.26 bits per heavy atom. The van der Waals surface area contributed by atoms with Crippen molar-refractivity contribution in [3.63, 3.8) is 0 Å². The van der Waals surface area contributed by atoms with E-state index in [4.69, 9.17) is 9.47 Å². The third-order valence-electron chi connectivity index (χ3n) is 3.64. The van der Waals surface area contributed by atoms with Crippen LogP contribution in [0.25, 0.3) is 0 Å². The van der Waals surface area contributed by atoms with Crippen LogP contribution < -0.4 is 15.4 Å². The maximum Gasteiger partial charge on any atom is 0.227 e. The summed E-state index contributed by atoms with van der Waals surface area (Å²) < 4.78 is 10.9. The van der Waals surface area contributed by atoms with Gasteiger partial charge in [0.1, 0.15) is 12.4 Å². The van der Waals surface area contributed by atoms with Gasteiger partial charge in [-0.05, 0) is 37.1 Å². The number of halogens is 1. The van der Waals surface area contributed by atoms with Crippen LogP contribution in [0.15, 0.2) is 24.3 Å². The maximum atomic E-state index is 12.1. The lowest BCUT2D eigenvalue weighted by molar-refractivity contribution is -0.122. The van der Waals surface area contributed by atoms with E-state index in [1.165, 1.54) is 0 Å². The Bertz CT molecular complexity index is 459. The second-order valence-corrected chi connectivity index (χ2v) is 5.86. The molecule has 130 valence electrons. The Hall–Kier alpha value is -1.30. The first-order valence-electron chi connectivity index (χ1n) is 8.00. The van der Waals surface area contributed by atoms with E-state index >= 15 is 0 Å². The minimum absolute atomic E-state index is 0. The van der Waals surface area contributed by atoms with Crippen molar-refractivity contribution < 1.29 is 14.3 Å². The highest BCUT2D eigenvalue weighted by atomic mass is 35.5. The summed E-state index contributed by atoms with van der Waals surface area (Å²) in [5.74, 6) is 0.958. The number of benzene rings is 1. The van der Waals surface area contributed by atoms with Crippen molar-refractivity contribution in [2.75, 3.05) is 31.7 Å². The van der Waals surface area contributed by atoms with Gasteiger partial charge in [-0.25, -0.2) is 0 Å². The highest BCUT2D eigenvalue weighted by Gasteiger charge is 2.21. The van der Waals surface area contributed by atoms with Crippen molar-refractivity contribution in [1.82, 2.24) is 5.32 Å². The van der Waals surface area contributed by atoms with Crippen LogP contribution in [-0.4, -0.2) is 38.3 Å². The molecular weight excluding hydrogens is 316 g/mol. The molecule has 1 fully saturated rings. The van der Waals surface area contributed by atoms with Crippen molar-refractivity contribution >= 4 is 24.0 Å². The highest BCUT2D eigenvalue weighted by Crippen LogP contribution is 2.19. The molecule has 2 rings (SSSR count). The molecule has 0 aromatic heterocycles. The molecule has 5 nitrogen and oxygen atoms in total. The zero-order valence-electron chi connectivity index (χ0n) is 13.8. The molecule has 0 bridgehead atoms. The Balaban J connectivity index is 0.00000264. The Morgan fingerprint density at radius 2 is 1.91 bits per heavy atom. The quantitative estimate of drug-likeness (QED) is 0.748. The van der Waals surface area contributed by atoms with Gasteiger partial charge in [0.15, 0.2) is 0 Å². The summed E-state index contributed by atoms with van der Waals surface area (Å²) in [4.78, 5) is 12.1. The molecular formula is C17H27ClN2O3. The highest BCUT2D eigenvalue weighted by molar-refractivity contribution is 5.92. The van der Waals surface area contributed by atoms with Crippen molar-refractivity contribution in [2.24, 2.45) is 5.92 Å². The van der Waals surface area contributed by atoms with Gasteiger partial charge in [0.2, 0.25) is 5.91 Å². The van der Waals surface area contributed by atoms with Gasteiger partial charge in [-0.15, -0.1) is 12.4 Å². The predicted molar refractivity (Wildman–Crippen MR) is 94.5 cm³/mol. The van der Waals surface area contributed by atoms with Crippen LogP contribution in [0.2, 0.25) is 0 Å². The van der Waals surface area contributed by atoms with Crippen molar-refractivity contribution in [3.8, 4) is 5.75 Å². The molecule has 23 heavy (non-hydrogen) atoms. The van der Waals surface area contributed by atoms with Crippen LogP contribution in [0.4, 0.5) is 5.69 Å². The van der Waals surface area contributed by atoms with Crippen LogP contribution in [0, 0.1) is 5.92 Å². The minimum atomic E-state index is 0. The van der Waals surface area contributed by atoms with E-state index in [1.54, 1.807) is 0 Å². The minimum Gasteiger partial charge on any atom is -0.492 e. The first-order chi connectivity index (χ1) is 10.6. The molecule has 1 aliphatic rings. The molecule has 6 heteroatoms. The van der Waals surface area contributed by atoms with Crippen molar-refractivity contribution in [3.05, 3.63) is 24.3 Å². The smallest absolute Gasteiger partial charge is 0.227 e. The summed E-state index contributed by atoms with van der Waals surface area (Å²) in [7, 11) is 0. The summed E-state index contributed by atoms with van der Waals surface area (Å²) in [5.41, 5.74) is 0.809. The van der Waals surface area contributed by atoms with Gasteiger partial charge < -0.3 is 20.1 Å². The van der Waals surface area contributed by atoms with Crippen LogP contribution in [-0.2, 0) is 9.53 Å². The molecule has 1 saturated heterocycles. The molecule has 0 aliphatic carbocycles. The van der Waals surface area contributed by atoms with E-state index in [1.807, 2.05) is 24.3 Å². The first-order valence-corrected chi connectivity index (χ1v) is 8.00. The fraction of sp³-hybridized carbons (Fsp3) is 0.588. The second-order valence-electron chi connectivity index (χ2n) is 5.86. The number of hydrogen-bond acceptors (Lipinski definition) is 4. The molecule has 1 amide bonds. The number of carbonyl (C=O) groups is 1. The summed E-state index contributed by atoms with van der Waals surface area (Å²) in [5, 5.41) is 6.26. The number of rotatable bonds is 7. The zero-order valence-corrected chi connectivity index (χ0v) is 14.7. The third-order valence-corrected chi connectivity index (χ3v) is 3.64. The van der Waals surface area contributed by atoms with Crippen LogP contribution in [0.1, 0.15) is 26.7 Å². The number of carbonyl (C=O) groups excluding carboxylic acids is 1. The summed E-state index contributed by atoms with van der Waals surface area (Å²) in [6.45, 7) is 7.02. The molecule has 0 unspecified atom stereocenters. The fourth-order valence-corrected chi connectivity index (χ4v) is 2.36. The Kier molecular flexibility index (Phi) is 8.99. The molecule has 0 spiro atoms. The van der Waals surface area contributed by atoms with Crippen LogP contribution in [0.3, 0.4) is 0 Å². The van der Waals surface area contributed by atoms with E-state index in [9.17, 15) is 4.79 Å². The van der Waals surface area contributed by atoms with Gasteiger partial charge in [-0.2, -0.15) is 0 Å². The monoisotopic (exact) mass is 342 g/mol. The summed E-state index contributed by atoms with van der Waals surface area (Å²) in [6.07, 6.45) is 1.60. The summed E-state index contributed by atoms with van der Waals surface area (Å²) >= 11 is 0. The lowest BCUT2D eigenvalue weighted by atomic mass is 9.99. The number of anilines is 1. The van der Waals surface area contributed by atoms with Gasteiger partial charge in [0.05, 0.1) is 0 Å². The third kappa shape index (κ3) is 7.20. The Morgan fingerprint density at radius 3 is 2.52 bits per heavy atom. The summed E-state index contributed by atoms with van der Waals surface area (Å²) in [6, 6.07) is 7.99. The normalized spacial score (nSPS) is 15.1. The van der Waals surface area contributed by atoms with Crippen LogP contribution in [0.5, 0.6) is 5.75 Å². The zero-order chi connectivity index (χ0) is 15.8. The molecule has 1 aliphatic heterocycles. The molecule has 2 N–H and O–H groups in total. The van der Waals surface area contributed by atoms with Gasteiger partial charge in [0, 0.05) is 37.4 Å². The van der Waals surface area contributed by atoms with Gasteiger partial charge in [-0.3, -0.25) is 4.79 Å². The van der Waals surface area contributed by atoms with Crippen LogP contribution >= 0.6 is 12.4 Å². The molecule has 1 heterocycles. The number of hydrogen-bond donors (Lipinski definition) is 2. The van der Waals surface area contributed by atoms with Gasteiger partial charge in [0.25, 0.3) is 0 Å². The maximum absolute atomic E-state index is 12.1.